The van der Waals surface area contributed by atoms with Gasteiger partial charge < -0.3 is 10.6 Å². The second-order valence-electron chi connectivity index (χ2n) is 4.61. The minimum absolute atomic E-state index is 0.442. The molecule has 1 aromatic rings. The van der Waals surface area contributed by atoms with Crippen molar-refractivity contribution in [3.63, 3.8) is 0 Å². The summed E-state index contributed by atoms with van der Waals surface area (Å²) in [6.07, 6.45) is 0.811. The number of amides is 1. The van der Waals surface area contributed by atoms with Crippen molar-refractivity contribution in [2.75, 3.05) is 5.32 Å². The van der Waals surface area contributed by atoms with Crippen LogP contribution in [0.1, 0.15) is 26.3 Å². The van der Waals surface area contributed by atoms with Crippen molar-refractivity contribution in [2.45, 2.75) is 26.4 Å². The van der Waals surface area contributed by atoms with Crippen molar-refractivity contribution in [1.82, 2.24) is 0 Å². The van der Waals surface area contributed by atoms with Crippen LogP contribution < -0.4 is 11.2 Å². The average molecular weight is 270 g/mol. The first-order chi connectivity index (χ1) is 8.33. The second-order valence-corrected chi connectivity index (χ2v) is 5.01. The van der Waals surface area contributed by atoms with Gasteiger partial charge in [-0.15, -0.1) is 0 Å². The molecule has 5 nitrogen and oxygen atoms in total. The number of hydrogen-bond acceptors (Lipinski definition) is 4. The van der Waals surface area contributed by atoms with Gasteiger partial charge in [0.05, 0.1) is 16.9 Å². The van der Waals surface area contributed by atoms with Gasteiger partial charge in [-0.2, -0.15) is 5.10 Å². The van der Waals surface area contributed by atoms with Crippen molar-refractivity contribution < 1.29 is 9.53 Å². The Kier molecular flexibility index (Phi) is 4.55. The van der Waals surface area contributed by atoms with Crippen LogP contribution >= 0.6 is 11.6 Å². The van der Waals surface area contributed by atoms with Gasteiger partial charge in [0.1, 0.15) is 5.60 Å². The monoisotopic (exact) mass is 269 g/mol. The third-order valence-electron chi connectivity index (χ3n) is 1.89. The molecular formula is C12H16ClN3O2. The zero-order valence-corrected chi connectivity index (χ0v) is 11.3. The largest absolute Gasteiger partial charge is 0.444 e. The van der Waals surface area contributed by atoms with Crippen LogP contribution in [0, 0.1) is 0 Å². The molecule has 0 atom stereocenters. The molecule has 0 aliphatic carbocycles. The van der Waals surface area contributed by atoms with Gasteiger partial charge in [-0.3, -0.25) is 5.32 Å². The number of halogens is 1. The molecular weight excluding hydrogens is 254 g/mol. The second kappa shape index (κ2) is 5.73. The minimum Gasteiger partial charge on any atom is -0.444 e. The number of benzene rings is 1. The summed E-state index contributed by atoms with van der Waals surface area (Å²) < 4.78 is 5.15. The van der Waals surface area contributed by atoms with Crippen LogP contribution in [0.15, 0.2) is 23.3 Å². The van der Waals surface area contributed by atoms with Crippen LogP contribution in [0.5, 0.6) is 0 Å². The number of carbonyl (C=O) groups is 1. The number of rotatable bonds is 2. The molecule has 0 spiro atoms. The van der Waals surface area contributed by atoms with Gasteiger partial charge in [0, 0.05) is 5.56 Å². The lowest BCUT2D eigenvalue weighted by molar-refractivity contribution is 0.0636. The maximum Gasteiger partial charge on any atom is 0.412 e. The Bertz CT molecular complexity index is 467. The number of carbonyl (C=O) groups excluding carboxylic acids is 1. The standard InChI is InChI=1S/C12H16ClN3O2/c1-12(2,3)18-11(17)16-10-6-4-5-9(13)8(10)7-15-14/h4-7H,14H2,1-3H3,(H,16,17). The molecule has 0 unspecified atom stereocenters. The summed E-state index contributed by atoms with van der Waals surface area (Å²) in [5, 5.41) is 6.45. The summed E-state index contributed by atoms with van der Waals surface area (Å²) in [7, 11) is 0. The van der Waals surface area contributed by atoms with Gasteiger partial charge in [-0.05, 0) is 32.9 Å². The molecule has 98 valence electrons. The Balaban J connectivity index is 2.91. The SMILES string of the molecule is CC(C)(C)OC(=O)Nc1cccc(Cl)c1C=NN. The molecule has 0 aliphatic heterocycles. The molecule has 1 aromatic carbocycles. The fourth-order valence-corrected chi connectivity index (χ4v) is 1.49. The molecule has 3 N–H and O–H groups in total. The maximum atomic E-state index is 11.6. The van der Waals surface area contributed by atoms with E-state index in [9.17, 15) is 4.79 Å². The van der Waals surface area contributed by atoms with E-state index in [-0.39, 0.29) is 0 Å². The predicted molar refractivity (Wildman–Crippen MR) is 73.1 cm³/mol. The molecule has 0 saturated carbocycles. The predicted octanol–water partition coefficient (Wildman–Crippen LogP) is 2.98. The van der Waals surface area contributed by atoms with E-state index in [4.69, 9.17) is 22.2 Å². The van der Waals surface area contributed by atoms with E-state index in [1.807, 2.05) is 0 Å². The highest BCUT2D eigenvalue weighted by Crippen LogP contribution is 2.23. The number of hydrazone groups is 1. The molecule has 0 heterocycles. The quantitative estimate of drug-likeness (QED) is 0.492. The molecule has 1 amide bonds. The van der Waals surface area contributed by atoms with E-state index in [0.29, 0.717) is 16.3 Å². The highest BCUT2D eigenvalue weighted by Gasteiger charge is 2.17. The maximum absolute atomic E-state index is 11.6. The van der Waals surface area contributed by atoms with E-state index in [1.165, 1.54) is 6.21 Å². The first kappa shape index (κ1) is 14.3. The lowest BCUT2D eigenvalue weighted by atomic mass is 10.2. The molecule has 0 aliphatic rings. The van der Waals surface area contributed by atoms with Gasteiger partial charge in [0.15, 0.2) is 0 Å². The minimum atomic E-state index is -0.565. The Labute approximate surface area is 111 Å². The van der Waals surface area contributed by atoms with Crippen LogP contribution in [0.25, 0.3) is 0 Å². The lowest BCUT2D eigenvalue weighted by Gasteiger charge is -2.20. The van der Waals surface area contributed by atoms with Crippen LogP contribution in [-0.4, -0.2) is 17.9 Å². The smallest absolute Gasteiger partial charge is 0.412 e. The van der Waals surface area contributed by atoms with Gasteiger partial charge in [0.2, 0.25) is 0 Å². The normalized spacial score (nSPS) is 11.6. The highest BCUT2D eigenvalue weighted by molar-refractivity contribution is 6.33. The summed E-state index contributed by atoms with van der Waals surface area (Å²) in [5.74, 6) is 5.10. The zero-order chi connectivity index (χ0) is 13.8. The Morgan fingerprint density at radius 2 is 2.17 bits per heavy atom. The highest BCUT2D eigenvalue weighted by atomic mass is 35.5. The molecule has 0 radical (unpaired) electrons. The van der Waals surface area contributed by atoms with E-state index in [2.05, 4.69) is 10.4 Å². The number of nitrogens with two attached hydrogens (primary N) is 1. The molecule has 0 fully saturated rings. The number of nitrogens with zero attached hydrogens (tertiary/aromatic N) is 1. The zero-order valence-electron chi connectivity index (χ0n) is 10.5. The van der Waals surface area contributed by atoms with Crippen LogP contribution in [-0.2, 0) is 4.74 Å². The Morgan fingerprint density at radius 1 is 1.50 bits per heavy atom. The number of hydrogen-bond donors (Lipinski definition) is 2. The number of anilines is 1. The Hall–Kier alpha value is -1.75. The molecule has 6 heteroatoms. The van der Waals surface area contributed by atoms with Gasteiger partial charge in [-0.1, -0.05) is 17.7 Å². The summed E-state index contributed by atoms with van der Waals surface area (Å²) in [6.45, 7) is 5.35. The number of nitrogens with one attached hydrogen (secondary N) is 1. The first-order valence-corrected chi connectivity index (χ1v) is 5.73. The topological polar surface area (TPSA) is 76.7 Å². The molecule has 0 bridgehead atoms. The summed E-state index contributed by atoms with van der Waals surface area (Å²) in [4.78, 5) is 11.6. The van der Waals surface area contributed by atoms with Gasteiger partial charge in [0.25, 0.3) is 0 Å². The van der Waals surface area contributed by atoms with Crippen LogP contribution in [0.4, 0.5) is 10.5 Å². The molecule has 0 saturated heterocycles. The van der Waals surface area contributed by atoms with E-state index in [0.717, 1.165) is 0 Å². The summed E-state index contributed by atoms with van der Waals surface area (Å²) in [6, 6.07) is 5.08. The van der Waals surface area contributed by atoms with E-state index >= 15 is 0 Å². The fraction of sp³-hybridized carbons (Fsp3) is 0.333. The van der Waals surface area contributed by atoms with E-state index in [1.54, 1.807) is 39.0 Å². The van der Waals surface area contributed by atoms with Crippen molar-refractivity contribution in [2.24, 2.45) is 10.9 Å². The lowest BCUT2D eigenvalue weighted by Crippen LogP contribution is -2.27. The van der Waals surface area contributed by atoms with Gasteiger partial charge in [-0.25, -0.2) is 4.79 Å². The summed E-state index contributed by atoms with van der Waals surface area (Å²) >= 11 is 5.99. The van der Waals surface area contributed by atoms with Crippen molar-refractivity contribution in [3.8, 4) is 0 Å². The van der Waals surface area contributed by atoms with E-state index < -0.39 is 11.7 Å². The summed E-state index contributed by atoms with van der Waals surface area (Å²) in [5.41, 5.74) is 0.462. The fourth-order valence-electron chi connectivity index (χ4n) is 1.27. The first-order valence-electron chi connectivity index (χ1n) is 5.35. The molecule has 0 aromatic heterocycles. The molecule has 18 heavy (non-hydrogen) atoms. The van der Waals surface area contributed by atoms with Crippen LogP contribution in [0.3, 0.4) is 0 Å². The number of ether oxygens (including phenoxy) is 1. The van der Waals surface area contributed by atoms with Crippen molar-refractivity contribution >= 4 is 29.6 Å². The third kappa shape index (κ3) is 4.25. The third-order valence-corrected chi connectivity index (χ3v) is 2.22. The van der Waals surface area contributed by atoms with Gasteiger partial charge >= 0.3 is 6.09 Å². The van der Waals surface area contributed by atoms with Crippen molar-refractivity contribution in [1.29, 1.82) is 0 Å². The Morgan fingerprint density at radius 3 is 2.72 bits per heavy atom. The molecule has 1 rings (SSSR count). The van der Waals surface area contributed by atoms with Crippen molar-refractivity contribution in [3.05, 3.63) is 28.8 Å². The average Bonchev–Trinajstić information content (AvgIpc) is 2.20. The van der Waals surface area contributed by atoms with Crippen LogP contribution in [0.2, 0.25) is 5.02 Å².